The van der Waals surface area contributed by atoms with E-state index in [1.165, 1.54) is 0 Å². The molecule has 0 heterocycles. The predicted molar refractivity (Wildman–Crippen MR) is 141 cm³/mol. The van der Waals surface area contributed by atoms with Crippen LogP contribution in [0.5, 0.6) is 0 Å². The van der Waals surface area contributed by atoms with Crippen molar-refractivity contribution in [3.05, 3.63) is 71.8 Å². The van der Waals surface area contributed by atoms with Gasteiger partial charge in [-0.3, -0.25) is 9.59 Å². The molecular weight excluding hydrogens is 536 g/mol. The average Bonchev–Trinajstić information content (AvgIpc) is 2.80. The average molecular weight is 568 g/mol. The van der Waals surface area contributed by atoms with Crippen LogP contribution in [0.2, 0.25) is 0 Å². The predicted octanol–water partition coefficient (Wildman–Crippen LogP) is 3.82. The van der Waals surface area contributed by atoms with Gasteiger partial charge in [0, 0.05) is 18.6 Å². The molecule has 0 fully saturated rings. The number of ether oxygens (including phenoxy) is 1. The number of hydrogen-bond acceptors (Lipinski definition) is 5. The third-order valence-corrected chi connectivity index (χ3v) is 6.63. The second-order valence-corrected chi connectivity index (χ2v) is 16.8. The van der Waals surface area contributed by atoms with Crippen LogP contribution < -0.4 is 10.6 Å². The maximum atomic E-state index is 13.0. The van der Waals surface area contributed by atoms with E-state index in [1.807, 2.05) is 36.8 Å². The number of nitrogens with one attached hydrogen (secondary N) is 2. The van der Waals surface area contributed by atoms with Gasteiger partial charge in [-0.05, 0) is 44.9 Å². The summed E-state index contributed by atoms with van der Waals surface area (Å²) >= 11 is 3.48. The van der Waals surface area contributed by atoms with E-state index in [-0.39, 0.29) is 31.7 Å². The highest BCUT2D eigenvalue weighted by molar-refractivity contribution is 9.58. The fourth-order valence-electron chi connectivity index (χ4n) is 3.26. The van der Waals surface area contributed by atoms with E-state index >= 15 is 0 Å². The molecule has 0 aliphatic heterocycles. The number of aliphatic carboxylic acids is 1. The van der Waals surface area contributed by atoms with Gasteiger partial charge in [-0.1, -0.05) is 60.7 Å². The summed E-state index contributed by atoms with van der Waals surface area (Å²) in [6.45, 7) is 0.0259. The number of carbonyl (C=O) groups is 4. The molecule has 0 spiro atoms. The molecule has 2 rings (SSSR count). The lowest BCUT2D eigenvalue weighted by Gasteiger charge is -2.23. The summed E-state index contributed by atoms with van der Waals surface area (Å²) in [6, 6.07) is 15.8. The fraction of sp³-hybridized carbons (Fsp3) is 0.360. The minimum absolute atomic E-state index is 0.0230. The number of rotatable bonds is 13. The summed E-state index contributed by atoms with van der Waals surface area (Å²) in [4.78, 5) is 49.4. The van der Waals surface area contributed by atoms with Crippen molar-refractivity contribution in [3.8, 4) is 0 Å². The zero-order valence-electron chi connectivity index (χ0n) is 19.7. The summed E-state index contributed by atoms with van der Waals surface area (Å²) in [5.41, 5.74) is 1.57. The maximum Gasteiger partial charge on any atom is 0.408 e. The molecular formula is C25H31BrN2O6S. The minimum atomic E-state index is -1.26. The van der Waals surface area contributed by atoms with Crippen LogP contribution in [0.1, 0.15) is 24.0 Å². The van der Waals surface area contributed by atoms with Crippen molar-refractivity contribution in [2.75, 3.05) is 18.3 Å². The standard InChI is InChI=1S/C25H31BrN2O6S/c1-35(2,26)17-20(29)13-14-21(24(31)32)27-23(30)22(15-18-9-5-3-6-10-18)28-25(33)34-16-19-11-7-4-8-12-19/h3-12,21-22H,13-17H2,1-2H3,(H,27,30)(H,28,33)(H,31,32). The zero-order valence-corrected chi connectivity index (χ0v) is 22.1. The van der Waals surface area contributed by atoms with E-state index in [1.54, 1.807) is 36.4 Å². The number of carbonyl (C=O) groups excluding carboxylic acids is 3. The van der Waals surface area contributed by atoms with Gasteiger partial charge in [-0.2, -0.15) is 8.46 Å². The van der Waals surface area contributed by atoms with Crippen LogP contribution in [0, 0.1) is 0 Å². The van der Waals surface area contributed by atoms with Gasteiger partial charge >= 0.3 is 12.1 Å². The molecule has 0 saturated heterocycles. The summed E-state index contributed by atoms with van der Waals surface area (Å²) < 4.78 is 5.23. The molecule has 10 heteroatoms. The van der Waals surface area contributed by atoms with E-state index in [9.17, 15) is 24.3 Å². The molecule has 190 valence electrons. The number of carboxylic acid groups (broad SMARTS) is 1. The van der Waals surface area contributed by atoms with Crippen molar-refractivity contribution < 1.29 is 29.0 Å². The van der Waals surface area contributed by atoms with E-state index in [4.69, 9.17) is 4.74 Å². The number of benzene rings is 2. The number of halogens is 1. The first-order valence-electron chi connectivity index (χ1n) is 11.0. The van der Waals surface area contributed by atoms with Gasteiger partial charge < -0.3 is 20.5 Å². The summed E-state index contributed by atoms with van der Waals surface area (Å²) in [5, 5.41) is 14.6. The lowest BCUT2D eigenvalue weighted by Crippen LogP contribution is -2.52. The third kappa shape index (κ3) is 11.4. The molecule has 0 radical (unpaired) electrons. The summed E-state index contributed by atoms with van der Waals surface area (Å²) in [6.07, 6.45) is 3.18. The molecule has 35 heavy (non-hydrogen) atoms. The maximum absolute atomic E-state index is 13.0. The van der Waals surface area contributed by atoms with Crippen molar-refractivity contribution in [3.63, 3.8) is 0 Å². The Hall–Kier alpha value is -2.85. The molecule has 0 aromatic heterocycles. The lowest BCUT2D eigenvalue weighted by atomic mass is 10.0. The van der Waals surface area contributed by atoms with Crippen LogP contribution >= 0.6 is 23.3 Å². The van der Waals surface area contributed by atoms with Gasteiger partial charge in [0.25, 0.3) is 0 Å². The quantitative estimate of drug-likeness (QED) is 0.339. The van der Waals surface area contributed by atoms with Gasteiger partial charge in [-0.15, -0.1) is 0 Å². The van der Waals surface area contributed by atoms with Gasteiger partial charge in [0.2, 0.25) is 5.91 Å². The number of alkyl carbamates (subject to hydrolysis) is 1. The van der Waals surface area contributed by atoms with Crippen molar-refractivity contribution in [2.45, 2.75) is 38.0 Å². The van der Waals surface area contributed by atoms with E-state index < -0.39 is 38.5 Å². The second-order valence-electron chi connectivity index (χ2n) is 8.47. The third-order valence-electron chi connectivity index (χ3n) is 4.93. The van der Waals surface area contributed by atoms with Gasteiger partial charge in [0.1, 0.15) is 24.5 Å². The Bertz CT molecular complexity index is 998. The van der Waals surface area contributed by atoms with Gasteiger partial charge in [-0.25, -0.2) is 9.59 Å². The Labute approximate surface area is 214 Å². The summed E-state index contributed by atoms with van der Waals surface area (Å²) in [5.74, 6) is -1.68. The first-order valence-corrected chi connectivity index (χ1v) is 15.5. The molecule has 0 aliphatic carbocycles. The van der Waals surface area contributed by atoms with Gasteiger partial charge in [0.05, 0.1) is 0 Å². The molecule has 2 aromatic rings. The monoisotopic (exact) mass is 566 g/mol. The molecule has 3 N–H and O–H groups in total. The van der Waals surface area contributed by atoms with Gasteiger partial charge in [0.15, 0.2) is 0 Å². The molecule has 2 atom stereocenters. The number of carboxylic acids is 1. The van der Waals surface area contributed by atoms with Crippen LogP contribution in [-0.4, -0.2) is 59.2 Å². The van der Waals surface area contributed by atoms with E-state index in [0.717, 1.165) is 11.1 Å². The molecule has 0 bridgehead atoms. The molecule has 8 nitrogen and oxygen atoms in total. The van der Waals surface area contributed by atoms with Crippen molar-refractivity contribution in [2.24, 2.45) is 0 Å². The Morgan fingerprint density at radius 2 is 1.49 bits per heavy atom. The molecule has 0 saturated carbocycles. The lowest BCUT2D eigenvalue weighted by molar-refractivity contribution is -0.142. The summed E-state index contributed by atoms with van der Waals surface area (Å²) in [7, 11) is -1.23. The SMILES string of the molecule is CS(C)(Br)CC(=O)CCC(NC(=O)C(Cc1ccccc1)NC(=O)OCc1ccccc1)C(=O)O. The second kappa shape index (κ2) is 13.9. The smallest absolute Gasteiger partial charge is 0.408 e. The normalized spacial score (nSPS) is 13.2. The Morgan fingerprint density at radius 3 is 2.03 bits per heavy atom. The highest BCUT2D eigenvalue weighted by Crippen LogP contribution is 2.47. The van der Waals surface area contributed by atoms with Crippen LogP contribution in [0.15, 0.2) is 60.7 Å². The Kier molecular flexibility index (Phi) is 11.3. The zero-order chi connectivity index (χ0) is 25.8. The highest BCUT2D eigenvalue weighted by atomic mass is 79.9. The molecule has 2 unspecified atom stereocenters. The molecule has 2 aromatic carbocycles. The number of Topliss-reactive ketones (excluding diaryl/α,β-unsaturated/α-hetero) is 1. The van der Waals surface area contributed by atoms with Crippen molar-refractivity contribution in [1.29, 1.82) is 0 Å². The minimum Gasteiger partial charge on any atom is -0.480 e. The molecule has 0 aliphatic rings. The first kappa shape index (κ1) is 28.4. The van der Waals surface area contributed by atoms with E-state index in [0.29, 0.717) is 5.75 Å². The van der Waals surface area contributed by atoms with Crippen LogP contribution in [0.3, 0.4) is 0 Å². The van der Waals surface area contributed by atoms with E-state index in [2.05, 4.69) is 25.4 Å². The molecule has 2 amide bonds. The number of amides is 2. The van der Waals surface area contributed by atoms with Crippen LogP contribution in [0.25, 0.3) is 0 Å². The fourth-order valence-corrected chi connectivity index (χ4v) is 4.93. The van der Waals surface area contributed by atoms with Crippen molar-refractivity contribution in [1.82, 2.24) is 10.6 Å². The number of ketones is 1. The Balaban J connectivity index is 2.04. The largest absolute Gasteiger partial charge is 0.480 e. The number of hydrogen-bond donors (Lipinski definition) is 3. The van der Waals surface area contributed by atoms with Crippen LogP contribution in [-0.2, 0) is 32.1 Å². The van der Waals surface area contributed by atoms with Crippen LogP contribution in [0.4, 0.5) is 4.79 Å². The Morgan fingerprint density at radius 1 is 0.914 bits per heavy atom. The highest BCUT2D eigenvalue weighted by Gasteiger charge is 2.28. The first-order chi connectivity index (χ1) is 16.5. The van der Waals surface area contributed by atoms with Crippen molar-refractivity contribution >= 4 is 47.0 Å². The topological polar surface area (TPSA) is 122 Å².